The second-order valence-electron chi connectivity index (χ2n) is 4.12. The van der Waals surface area contributed by atoms with Gasteiger partial charge in [0.1, 0.15) is 5.82 Å². The Morgan fingerprint density at radius 2 is 1.89 bits per heavy atom. The summed E-state index contributed by atoms with van der Waals surface area (Å²) in [5.41, 5.74) is 1.33. The fourth-order valence-electron chi connectivity index (χ4n) is 1.79. The lowest BCUT2D eigenvalue weighted by Crippen LogP contribution is -2.03. The van der Waals surface area contributed by atoms with E-state index < -0.39 is 6.10 Å². The molecule has 2 aromatic rings. The SMILES string of the molecule is OC(Cc1cc(F)ccc1Br)c1ccc(Br)cc1Cl. The standard InChI is InChI=1S/C14H10Br2ClFO/c15-9-1-3-11(13(17)7-9)14(19)6-8-5-10(18)2-4-12(8)16/h1-5,7,14,19H,6H2. The molecule has 2 rings (SSSR count). The quantitative estimate of drug-likeness (QED) is 0.733. The molecular formula is C14H10Br2ClFO. The molecule has 0 spiro atoms. The number of rotatable bonds is 3. The molecule has 19 heavy (non-hydrogen) atoms. The minimum Gasteiger partial charge on any atom is -0.388 e. The Hall–Kier alpha value is -0.420. The summed E-state index contributed by atoms with van der Waals surface area (Å²) < 4.78 is 14.8. The Bertz CT molecular complexity index is 604. The molecule has 2 aromatic carbocycles. The van der Waals surface area contributed by atoms with Crippen LogP contribution in [0, 0.1) is 5.82 Å². The monoisotopic (exact) mass is 406 g/mol. The lowest BCUT2D eigenvalue weighted by atomic mass is 10.0. The number of halogens is 4. The molecule has 1 atom stereocenters. The van der Waals surface area contributed by atoms with E-state index in [0.29, 0.717) is 22.6 Å². The van der Waals surface area contributed by atoms with Crippen LogP contribution in [0.5, 0.6) is 0 Å². The highest BCUT2D eigenvalue weighted by Gasteiger charge is 2.14. The molecule has 0 aliphatic carbocycles. The molecule has 1 unspecified atom stereocenters. The Balaban J connectivity index is 2.25. The minimum absolute atomic E-state index is 0.291. The zero-order valence-corrected chi connectivity index (χ0v) is 13.6. The molecule has 0 saturated heterocycles. The number of hydrogen-bond acceptors (Lipinski definition) is 1. The van der Waals surface area contributed by atoms with E-state index in [1.165, 1.54) is 12.1 Å². The smallest absolute Gasteiger partial charge is 0.123 e. The second-order valence-corrected chi connectivity index (χ2v) is 6.30. The lowest BCUT2D eigenvalue weighted by Gasteiger charge is -2.14. The highest BCUT2D eigenvalue weighted by molar-refractivity contribution is 9.10. The van der Waals surface area contributed by atoms with Gasteiger partial charge in [0.15, 0.2) is 0 Å². The van der Waals surface area contributed by atoms with Crippen LogP contribution >= 0.6 is 43.5 Å². The molecule has 0 aliphatic rings. The van der Waals surface area contributed by atoms with Crippen molar-refractivity contribution >= 4 is 43.5 Å². The van der Waals surface area contributed by atoms with Gasteiger partial charge in [-0.3, -0.25) is 0 Å². The first-order valence-corrected chi connectivity index (χ1v) is 7.50. The van der Waals surface area contributed by atoms with Crippen LogP contribution in [0.2, 0.25) is 5.02 Å². The third-order valence-corrected chi connectivity index (χ3v) is 4.34. The van der Waals surface area contributed by atoms with Crippen LogP contribution in [0.3, 0.4) is 0 Å². The van der Waals surface area contributed by atoms with Crippen LogP contribution in [-0.4, -0.2) is 5.11 Å². The third-order valence-electron chi connectivity index (χ3n) is 2.74. The van der Waals surface area contributed by atoms with Gasteiger partial charge in [0.25, 0.3) is 0 Å². The fraction of sp³-hybridized carbons (Fsp3) is 0.143. The van der Waals surface area contributed by atoms with Crippen molar-refractivity contribution in [3.05, 3.63) is 67.3 Å². The van der Waals surface area contributed by atoms with E-state index in [0.717, 1.165) is 8.95 Å². The second kappa shape index (κ2) is 6.35. The van der Waals surface area contributed by atoms with Crippen molar-refractivity contribution < 1.29 is 9.50 Å². The van der Waals surface area contributed by atoms with Crippen LogP contribution in [0.4, 0.5) is 4.39 Å². The lowest BCUT2D eigenvalue weighted by molar-refractivity contribution is 0.178. The zero-order chi connectivity index (χ0) is 14.0. The molecule has 5 heteroatoms. The van der Waals surface area contributed by atoms with E-state index in [-0.39, 0.29) is 5.82 Å². The normalized spacial score (nSPS) is 12.5. The van der Waals surface area contributed by atoms with Crippen molar-refractivity contribution in [1.29, 1.82) is 0 Å². The van der Waals surface area contributed by atoms with Crippen LogP contribution in [0.25, 0.3) is 0 Å². The number of benzene rings is 2. The topological polar surface area (TPSA) is 20.2 Å². The maximum atomic E-state index is 13.2. The van der Waals surface area contributed by atoms with Gasteiger partial charge in [0.05, 0.1) is 6.10 Å². The number of aliphatic hydroxyl groups excluding tert-OH is 1. The van der Waals surface area contributed by atoms with E-state index in [4.69, 9.17) is 11.6 Å². The molecule has 1 nitrogen and oxygen atoms in total. The molecule has 0 bridgehead atoms. The molecule has 0 heterocycles. The van der Waals surface area contributed by atoms with Gasteiger partial charge in [-0.15, -0.1) is 0 Å². The summed E-state index contributed by atoms with van der Waals surface area (Å²) in [4.78, 5) is 0. The maximum Gasteiger partial charge on any atom is 0.123 e. The summed E-state index contributed by atoms with van der Waals surface area (Å²) in [5, 5.41) is 10.7. The first-order chi connectivity index (χ1) is 8.97. The molecule has 0 radical (unpaired) electrons. The summed E-state index contributed by atoms with van der Waals surface area (Å²) in [6.45, 7) is 0. The molecule has 0 saturated carbocycles. The van der Waals surface area contributed by atoms with Crippen molar-refractivity contribution in [2.24, 2.45) is 0 Å². The Labute approximate surface area is 132 Å². The average Bonchev–Trinajstić information content (AvgIpc) is 2.33. The van der Waals surface area contributed by atoms with Gasteiger partial charge in [-0.05, 0) is 41.5 Å². The average molecular weight is 408 g/mol. The third kappa shape index (κ3) is 3.78. The highest BCUT2D eigenvalue weighted by atomic mass is 79.9. The van der Waals surface area contributed by atoms with Crippen LogP contribution in [0.1, 0.15) is 17.2 Å². The molecule has 0 aliphatic heterocycles. The van der Waals surface area contributed by atoms with E-state index in [1.54, 1.807) is 18.2 Å². The molecule has 1 N–H and O–H groups in total. The van der Waals surface area contributed by atoms with Crippen molar-refractivity contribution in [3.63, 3.8) is 0 Å². The Kier molecular flexibility index (Phi) is 5.01. The van der Waals surface area contributed by atoms with Crippen molar-refractivity contribution in [2.45, 2.75) is 12.5 Å². The summed E-state index contributed by atoms with van der Waals surface area (Å²) in [6.07, 6.45) is -0.488. The van der Waals surface area contributed by atoms with Gasteiger partial charge >= 0.3 is 0 Å². The summed E-state index contributed by atoms with van der Waals surface area (Å²) in [5.74, 6) is -0.327. The zero-order valence-electron chi connectivity index (χ0n) is 9.71. The van der Waals surface area contributed by atoms with Crippen molar-refractivity contribution in [1.82, 2.24) is 0 Å². The predicted octanol–water partition coefficient (Wildman–Crippen LogP) is 5.28. The summed E-state index contributed by atoms with van der Waals surface area (Å²) in [6, 6.07) is 9.68. The highest BCUT2D eigenvalue weighted by Crippen LogP contribution is 2.30. The van der Waals surface area contributed by atoms with E-state index >= 15 is 0 Å². The maximum absolute atomic E-state index is 13.2. The van der Waals surface area contributed by atoms with Crippen LogP contribution < -0.4 is 0 Å². The fourth-order valence-corrected chi connectivity index (χ4v) is 3.00. The van der Waals surface area contributed by atoms with Gasteiger partial charge in [-0.2, -0.15) is 0 Å². The Morgan fingerprint density at radius 3 is 2.58 bits per heavy atom. The van der Waals surface area contributed by atoms with E-state index in [2.05, 4.69) is 31.9 Å². The predicted molar refractivity (Wildman–Crippen MR) is 81.9 cm³/mol. The first-order valence-electron chi connectivity index (χ1n) is 5.54. The molecule has 0 fully saturated rings. The number of hydrogen-bond donors (Lipinski definition) is 1. The van der Waals surface area contributed by atoms with Crippen LogP contribution in [0.15, 0.2) is 45.3 Å². The van der Waals surface area contributed by atoms with Crippen LogP contribution in [-0.2, 0) is 6.42 Å². The van der Waals surface area contributed by atoms with E-state index in [1.807, 2.05) is 6.07 Å². The Morgan fingerprint density at radius 1 is 1.16 bits per heavy atom. The van der Waals surface area contributed by atoms with Gasteiger partial charge < -0.3 is 5.11 Å². The minimum atomic E-state index is -0.779. The molecular weight excluding hydrogens is 398 g/mol. The van der Waals surface area contributed by atoms with Crippen molar-refractivity contribution in [2.75, 3.05) is 0 Å². The van der Waals surface area contributed by atoms with Gasteiger partial charge in [-0.1, -0.05) is 49.5 Å². The number of aliphatic hydroxyl groups is 1. The largest absolute Gasteiger partial charge is 0.388 e. The molecule has 0 amide bonds. The summed E-state index contributed by atoms with van der Waals surface area (Å²) >= 11 is 12.7. The molecule has 100 valence electrons. The van der Waals surface area contributed by atoms with Gasteiger partial charge in [-0.25, -0.2) is 4.39 Å². The first kappa shape index (κ1) is 15.0. The summed E-state index contributed by atoms with van der Waals surface area (Å²) in [7, 11) is 0. The van der Waals surface area contributed by atoms with Gasteiger partial charge in [0.2, 0.25) is 0 Å². The van der Waals surface area contributed by atoms with Gasteiger partial charge in [0, 0.05) is 20.4 Å². The van der Waals surface area contributed by atoms with Crippen molar-refractivity contribution in [3.8, 4) is 0 Å². The molecule has 0 aromatic heterocycles. The van der Waals surface area contributed by atoms with E-state index in [9.17, 15) is 9.50 Å².